The SMILES string of the molecule is O=C(N[C@@H](CCN1CCC2(CC1)C(=O)N(Cc1ccc(Br)cc1)C(=O)N2Cc1ccccc1)c1ccccc1)C1CC1. The van der Waals surface area contributed by atoms with Crippen molar-refractivity contribution in [3.63, 3.8) is 0 Å². The highest BCUT2D eigenvalue weighted by molar-refractivity contribution is 9.10. The fourth-order valence-corrected chi connectivity index (χ4v) is 6.53. The molecule has 3 fully saturated rings. The molecule has 2 saturated heterocycles. The molecule has 3 aromatic carbocycles. The van der Waals surface area contributed by atoms with E-state index in [0.717, 1.165) is 47.0 Å². The zero-order valence-corrected chi connectivity index (χ0v) is 25.3. The number of halogens is 1. The smallest absolute Gasteiger partial charge is 0.328 e. The fourth-order valence-electron chi connectivity index (χ4n) is 6.26. The first-order valence-corrected chi connectivity index (χ1v) is 15.7. The number of benzene rings is 3. The Bertz CT molecular complexity index is 1400. The van der Waals surface area contributed by atoms with Gasteiger partial charge in [0, 0.05) is 36.6 Å². The third kappa shape index (κ3) is 6.15. The zero-order valence-electron chi connectivity index (χ0n) is 23.8. The van der Waals surface area contributed by atoms with Crippen LogP contribution in [0.5, 0.6) is 0 Å². The summed E-state index contributed by atoms with van der Waals surface area (Å²) >= 11 is 3.47. The maximum atomic E-state index is 14.1. The highest BCUT2D eigenvalue weighted by Gasteiger charge is 2.57. The van der Waals surface area contributed by atoms with Gasteiger partial charge >= 0.3 is 6.03 Å². The van der Waals surface area contributed by atoms with Gasteiger partial charge in [-0.05, 0) is 60.9 Å². The van der Waals surface area contributed by atoms with E-state index in [0.29, 0.717) is 32.5 Å². The topological polar surface area (TPSA) is 73.0 Å². The molecule has 218 valence electrons. The second-order valence-corrected chi connectivity index (χ2v) is 12.7. The van der Waals surface area contributed by atoms with E-state index in [1.54, 1.807) is 0 Å². The third-order valence-corrected chi connectivity index (χ3v) is 9.47. The summed E-state index contributed by atoms with van der Waals surface area (Å²) in [5, 5.41) is 3.28. The molecule has 3 aliphatic rings. The van der Waals surface area contributed by atoms with Gasteiger partial charge in [0.1, 0.15) is 5.54 Å². The van der Waals surface area contributed by atoms with Crippen LogP contribution in [0.3, 0.4) is 0 Å². The van der Waals surface area contributed by atoms with Crippen molar-refractivity contribution in [2.24, 2.45) is 5.92 Å². The van der Waals surface area contributed by atoms with Crippen molar-refractivity contribution in [3.05, 3.63) is 106 Å². The number of nitrogens with one attached hydrogen (secondary N) is 1. The highest BCUT2D eigenvalue weighted by atomic mass is 79.9. The number of piperidine rings is 1. The molecule has 1 N–H and O–H groups in total. The predicted octanol–water partition coefficient (Wildman–Crippen LogP) is 5.91. The average Bonchev–Trinajstić information content (AvgIpc) is 3.86. The Labute approximate surface area is 256 Å². The number of amides is 4. The Kier molecular flexibility index (Phi) is 8.45. The molecule has 1 atom stereocenters. The van der Waals surface area contributed by atoms with Crippen molar-refractivity contribution in [1.29, 1.82) is 0 Å². The first kappa shape index (κ1) is 28.6. The first-order valence-electron chi connectivity index (χ1n) is 14.9. The average molecular weight is 630 g/mol. The molecule has 0 bridgehead atoms. The van der Waals surface area contributed by atoms with Crippen LogP contribution >= 0.6 is 15.9 Å². The van der Waals surface area contributed by atoms with Crippen molar-refractivity contribution in [2.75, 3.05) is 19.6 Å². The normalized spacial score (nSPS) is 19.4. The minimum absolute atomic E-state index is 0.0409. The van der Waals surface area contributed by atoms with Gasteiger partial charge in [-0.3, -0.25) is 14.5 Å². The Morgan fingerprint density at radius 2 is 1.48 bits per heavy atom. The summed E-state index contributed by atoms with van der Waals surface area (Å²) in [6.07, 6.45) is 3.93. The number of hydrogen-bond acceptors (Lipinski definition) is 4. The maximum absolute atomic E-state index is 14.1. The van der Waals surface area contributed by atoms with Crippen molar-refractivity contribution >= 4 is 33.8 Å². The Morgan fingerprint density at radius 1 is 0.857 bits per heavy atom. The minimum Gasteiger partial charge on any atom is -0.349 e. The van der Waals surface area contributed by atoms with E-state index in [-0.39, 0.29) is 36.3 Å². The molecule has 6 rings (SSSR count). The summed E-state index contributed by atoms with van der Waals surface area (Å²) in [5.41, 5.74) is 2.21. The van der Waals surface area contributed by atoms with Gasteiger partial charge < -0.3 is 15.1 Å². The van der Waals surface area contributed by atoms with E-state index in [2.05, 4.69) is 38.3 Å². The molecule has 42 heavy (non-hydrogen) atoms. The zero-order chi connectivity index (χ0) is 29.1. The van der Waals surface area contributed by atoms with Gasteiger partial charge in [0.2, 0.25) is 5.91 Å². The van der Waals surface area contributed by atoms with Crippen LogP contribution in [0.2, 0.25) is 0 Å². The molecular formula is C34H37BrN4O3. The molecular weight excluding hydrogens is 592 g/mol. The number of hydrogen-bond donors (Lipinski definition) is 1. The van der Waals surface area contributed by atoms with E-state index < -0.39 is 5.54 Å². The van der Waals surface area contributed by atoms with Crippen LogP contribution in [-0.2, 0) is 22.7 Å². The summed E-state index contributed by atoms with van der Waals surface area (Å²) in [6.45, 7) is 2.92. The molecule has 8 heteroatoms. The van der Waals surface area contributed by atoms with Gasteiger partial charge in [-0.25, -0.2) is 4.79 Å². The quantitative estimate of drug-likeness (QED) is 0.284. The first-order chi connectivity index (χ1) is 20.4. The maximum Gasteiger partial charge on any atom is 0.328 e. The lowest BCUT2D eigenvalue weighted by Gasteiger charge is -2.42. The lowest BCUT2D eigenvalue weighted by Crippen LogP contribution is -2.56. The van der Waals surface area contributed by atoms with Crippen LogP contribution in [0.25, 0.3) is 0 Å². The van der Waals surface area contributed by atoms with Crippen molar-refractivity contribution < 1.29 is 14.4 Å². The molecule has 2 aliphatic heterocycles. The van der Waals surface area contributed by atoms with Crippen LogP contribution in [0, 0.1) is 5.92 Å². The van der Waals surface area contributed by atoms with Gasteiger partial charge in [0.05, 0.1) is 12.6 Å². The van der Waals surface area contributed by atoms with Crippen LogP contribution in [0.15, 0.2) is 89.4 Å². The Hall–Kier alpha value is -3.49. The van der Waals surface area contributed by atoms with E-state index in [9.17, 15) is 14.4 Å². The fraction of sp³-hybridized carbons (Fsp3) is 0.382. The monoisotopic (exact) mass is 628 g/mol. The van der Waals surface area contributed by atoms with Crippen LogP contribution in [0.1, 0.15) is 54.8 Å². The standard InChI is InChI=1S/C34H37BrN4O3/c35-29-15-11-26(12-16-29)23-38-32(41)34(39(33(38)42)24-25-7-3-1-4-8-25)18-21-37(22-19-34)20-17-30(27-9-5-2-6-10-27)36-31(40)28-13-14-28/h1-12,15-16,28,30H,13-14,17-24H2,(H,36,40)/t30-/m0/s1. The van der Waals surface area contributed by atoms with E-state index in [1.807, 2.05) is 77.7 Å². The summed E-state index contributed by atoms with van der Waals surface area (Å²) in [4.78, 5) is 46.2. The highest BCUT2D eigenvalue weighted by Crippen LogP contribution is 2.39. The van der Waals surface area contributed by atoms with Gasteiger partial charge in [0.25, 0.3) is 5.91 Å². The van der Waals surface area contributed by atoms with Crippen LogP contribution in [0.4, 0.5) is 4.79 Å². The van der Waals surface area contributed by atoms with Gasteiger partial charge in [-0.1, -0.05) is 88.7 Å². The van der Waals surface area contributed by atoms with Crippen molar-refractivity contribution in [1.82, 2.24) is 20.0 Å². The number of carbonyl (C=O) groups excluding carboxylic acids is 3. The molecule has 1 spiro atoms. The lowest BCUT2D eigenvalue weighted by molar-refractivity contribution is -0.136. The minimum atomic E-state index is -0.849. The van der Waals surface area contributed by atoms with Crippen molar-refractivity contribution in [2.45, 2.75) is 56.8 Å². The second kappa shape index (κ2) is 12.4. The van der Waals surface area contributed by atoms with Gasteiger partial charge in [-0.15, -0.1) is 0 Å². The molecule has 0 unspecified atom stereocenters. The predicted molar refractivity (Wildman–Crippen MR) is 165 cm³/mol. The summed E-state index contributed by atoms with van der Waals surface area (Å²) in [6, 6.07) is 27.6. The lowest BCUT2D eigenvalue weighted by atomic mass is 9.85. The molecule has 3 aromatic rings. The number of urea groups is 1. The third-order valence-electron chi connectivity index (χ3n) is 8.94. The second-order valence-electron chi connectivity index (χ2n) is 11.8. The number of carbonyl (C=O) groups is 3. The molecule has 7 nitrogen and oxygen atoms in total. The number of likely N-dealkylation sites (tertiary alicyclic amines) is 1. The van der Waals surface area contributed by atoms with E-state index >= 15 is 0 Å². The number of nitrogens with zero attached hydrogens (tertiary/aromatic N) is 3. The van der Waals surface area contributed by atoms with Crippen LogP contribution < -0.4 is 5.32 Å². The molecule has 4 amide bonds. The van der Waals surface area contributed by atoms with Gasteiger partial charge in [-0.2, -0.15) is 0 Å². The van der Waals surface area contributed by atoms with Crippen molar-refractivity contribution in [3.8, 4) is 0 Å². The molecule has 1 saturated carbocycles. The van der Waals surface area contributed by atoms with Gasteiger partial charge in [0.15, 0.2) is 0 Å². The molecule has 0 aromatic heterocycles. The van der Waals surface area contributed by atoms with E-state index in [1.165, 1.54) is 4.90 Å². The molecule has 0 radical (unpaired) electrons. The molecule has 1 aliphatic carbocycles. The van der Waals surface area contributed by atoms with E-state index in [4.69, 9.17) is 0 Å². The Morgan fingerprint density at radius 3 is 2.12 bits per heavy atom. The number of imide groups is 1. The summed E-state index contributed by atoms with van der Waals surface area (Å²) in [7, 11) is 0. The largest absolute Gasteiger partial charge is 0.349 e. The molecule has 2 heterocycles. The van der Waals surface area contributed by atoms with Crippen LogP contribution in [-0.4, -0.2) is 57.7 Å². The number of rotatable bonds is 10. The Balaban J connectivity index is 1.16. The summed E-state index contributed by atoms with van der Waals surface area (Å²) < 4.78 is 0.960. The summed E-state index contributed by atoms with van der Waals surface area (Å²) in [5.74, 6) is 0.219.